The van der Waals surface area contributed by atoms with E-state index in [1.807, 2.05) is 24.3 Å². The Hall–Kier alpha value is -3.46. The number of hydrogen-bond acceptors (Lipinski definition) is 4. The van der Waals surface area contributed by atoms with E-state index < -0.39 is 21.8 Å². The van der Waals surface area contributed by atoms with Crippen molar-refractivity contribution in [3.05, 3.63) is 95.6 Å². The molecule has 1 aliphatic carbocycles. The summed E-state index contributed by atoms with van der Waals surface area (Å²) >= 11 is 0. The third kappa shape index (κ3) is 4.48. The molecule has 1 aliphatic heterocycles. The summed E-state index contributed by atoms with van der Waals surface area (Å²) in [5.74, 6) is 0.954. The van der Waals surface area contributed by atoms with E-state index >= 15 is 0 Å². The van der Waals surface area contributed by atoms with Gasteiger partial charge in [-0.05, 0) is 72.0 Å². The van der Waals surface area contributed by atoms with Crippen LogP contribution in [-0.2, 0) is 16.2 Å². The average Bonchev–Trinajstić information content (AvgIpc) is 3.33. The van der Waals surface area contributed by atoms with Gasteiger partial charge in [0.05, 0.1) is 23.6 Å². The summed E-state index contributed by atoms with van der Waals surface area (Å²) in [6, 6.07) is 16.8. The number of alkyl halides is 3. The van der Waals surface area contributed by atoms with Crippen LogP contribution in [-0.4, -0.2) is 15.5 Å². The van der Waals surface area contributed by atoms with Crippen LogP contribution in [0.15, 0.2) is 83.8 Å². The molecule has 3 aromatic rings. The first kappa shape index (κ1) is 23.3. The third-order valence-corrected chi connectivity index (χ3v) is 7.92. The van der Waals surface area contributed by atoms with Crippen molar-refractivity contribution in [2.75, 3.05) is 17.1 Å². The fraction of sp³-hybridized carbons (Fsp3) is 0.231. The second-order valence-electron chi connectivity index (χ2n) is 8.69. The van der Waals surface area contributed by atoms with Gasteiger partial charge in [0.15, 0.2) is 0 Å². The molecule has 0 amide bonds. The first-order valence-corrected chi connectivity index (χ1v) is 12.6. The lowest BCUT2D eigenvalue weighted by Crippen LogP contribution is -2.29. The van der Waals surface area contributed by atoms with Gasteiger partial charge in [-0.2, -0.15) is 13.2 Å². The molecular formula is C26H23F3N2O3S. The summed E-state index contributed by atoms with van der Waals surface area (Å²) in [5.41, 5.74) is 1.68. The van der Waals surface area contributed by atoms with Crippen LogP contribution in [0.4, 0.5) is 24.5 Å². The van der Waals surface area contributed by atoms with E-state index in [9.17, 15) is 21.6 Å². The zero-order chi connectivity index (χ0) is 24.8. The van der Waals surface area contributed by atoms with Gasteiger partial charge in [0.1, 0.15) is 5.75 Å². The van der Waals surface area contributed by atoms with Crippen LogP contribution in [0, 0.1) is 5.92 Å². The van der Waals surface area contributed by atoms with E-state index in [2.05, 4.69) is 22.2 Å². The minimum atomic E-state index is -4.57. The molecule has 0 saturated carbocycles. The third-order valence-electron chi connectivity index (χ3n) is 6.54. The van der Waals surface area contributed by atoms with Crippen molar-refractivity contribution < 1.29 is 26.3 Å². The van der Waals surface area contributed by atoms with Gasteiger partial charge >= 0.3 is 6.18 Å². The lowest BCUT2D eigenvalue weighted by Gasteiger charge is -2.37. The van der Waals surface area contributed by atoms with E-state index in [0.717, 1.165) is 41.1 Å². The molecule has 2 aliphatic rings. The molecule has 2 N–H and O–H groups in total. The summed E-state index contributed by atoms with van der Waals surface area (Å²) in [4.78, 5) is -0.00524. The number of benzene rings is 3. The molecule has 1 heterocycles. The van der Waals surface area contributed by atoms with E-state index in [1.54, 1.807) is 19.2 Å². The topological polar surface area (TPSA) is 67.4 Å². The molecule has 0 bridgehead atoms. The number of rotatable bonds is 5. The SMILES string of the molecule is COc1cccc([C@H]2Nc3ccc(S(=O)(=O)Nc4cccc(C(F)(F)F)c4)cc3[C@H]3C=CC[C@H]32)c1. The van der Waals surface area contributed by atoms with E-state index in [-0.39, 0.29) is 28.5 Å². The van der Waals surface area contributed by atoms with Crippen molar-refractivity contribution in [1.82, 2.24) is 0 Å². The minimum absolute atomic E-state index is 0.00524. The van der Waals surface area contributed by atoms with Crippen molar-refractivity contribution in [3.8, 4) is 5.75 Å². The second kappa shape index (κ2) is 8.64. The van der Waals surface area contributed by atoms with Crippen molar-refractivity contribution in [2.24, 2.45) is 5.92 Å². The molecule has 0 spiro atoms. The lowest BCUT2D eigenvalue weighted by molar-refractivity contribution is -0.137. The molecule has 182 valence electrons. The van der Waals surface area contributed by atoms with Gasteiger partial charge in [-0.25, -0.2) is 8.42 Å². The monoisotopic (exact) mass is 500 g/mol. The van der Waals surface area contributed by atoms with Gasteiger partial charge in [-0.1, -0.05) is 30.4 Å². The second-order valence-corrected chi connectivity index (χ2v) is 10.4. The van der Waals surface area contributed by atoms with Crippen LogP contribution in [0.3, 0.4) is 0 Å². The number of hydrogen-bond donors (Lipinski definition) is 2. The molecule has 0 aromatic heterocycles. The Morgan fingerprint density at radius 1 is 1.03 bits per heavy atom. The van der Waals surface area contributed by atoms with Gasteiger partial charge in [0, 0.05) is 17.3 Å². The fourth-order valence-electron chi connectivity index (χ4n) is 4.88. The predicted octanol–water partition coefficient (Wildman–Crippen LogP) is 6.34. The van der Waals surface area contributed by atoms with Crippen molar-refractivity contribution in [1.29, 1.82) is 0 Å². The maximum Gasteiger partial charge on any atom is 0.416 e. The fourth-order valence-corrected chi connectivity index (χ4v) is 5.96. The molecule has 0 saturated heterocycles. The predicted molar refractivity (Wildman–Crippen MR) is 128 cm³/mol. The van der Waals surface area contributed by atoms with E-state index in [4.69, 9.17) is 4.74 Å². The Morgan fingerprint density at radius 3 is 2.60 bits per heavy atom. The summed E-state index contributed by atoms with van der Waals surface area (Å²) < 4.78 is 72.9. The maximum absolute atomic E-state index is 13.1. The number of anilines is 2. The van der Waals surface area contributed by atoms with Gasteiger partial charge in [0.25, 0.3) is 10.0 Å². The summed E-state index contributed by atoms with van der Waals surface area (Å²) in [5, 5.41) is 3.55. The van der Waals surface area contributed by atoms with Crippen LogP contribution in [0.1, 0.15) is 35.1 Å². The first-order chi connectivity index (χ1) is 16.7. The highest BCUT2D eigenvalue weighted by Crippen LogP contribution is 2.50. The Kier molecular flexibility index (Phi) is 5.75. The van der Waals surface area contributed by atoms with Crippen LogP contribution in [0.5, 0.6) is 5.75 Å². The van der Waals surface area contributed by atoms with E-state index in [1.165, 1.54) is 18.2 Å². The Bertz CT molecular complexity index is 1400. The quantitative estimate of drug-likeness (QED) is 0.401. The van der Waals surface area contributed by atoms with Crippen molar-refractivity contribution in [3.63, 3.8) is 0 Å². The minimum Gasteiger partial charge on any atom is -0.497 e. The molecule has 5 nitrogen and oxygen atoms in total. The average molecular weight is 501 g/mol. The largest absolute Gasteiger partial charge is 0.497 e. The Labute approximate surface area is 201 Å². The highest BCUT2D eigenvalue weighted by molar-refractivity contribution is 7.92. The van der Waals surface area contributed by atoms with Crippen molar-refractivity contribution >= 4 is 21.4 Å². The zero-order valence-corrected chi connectivity index (χ0v) is 19.5. The summed E-state index contributed by atoms with van der Waals surface area (Å²) in [6.07, 6.45) is 0.454. The first-order valence-electron chi connectivity index (χ1n) is 11.1. The summed E-state index contributed by atoms with van der Waals surface area (Å²) in [6.45, 7) is 0. The number of halogens is 3. The van der Waals surface area contributed by atoms with Gasteiger partial charge in [-0.15, -0.1) is 0 Å². The zero-order valence-electron chi connectivity index (χ0n) is 18.7. The number of nitrogens with one attached hydrogen (secondary N) is 2. The molecule has 0 fully saturated rings. The highest BCUT2D eigenvalue weighted by atomic mass is 32.2. The molecule has 0 unspecified atom stereocenters. The standard InChI is InChI=1S/C26H23F3N2O3S/c1-34-19-8-2-5-16(13-19)25-22-10-4-9-21(22)23-15-20(11-12-24(23)30-25)35(32,33)31-18-7-3-6-17(14-18)26(27,28)29/h2-9,11-15,21-22,25,30-31H,10H2,1H3/t21-,22+,25+/m0/s1. The lowest BCUT2D eigenvalue weighted by atomic mass is 9.77. The van der Waals surface area contributed by atoms with Crippen LogP contribution >= 0.6 is 0 Å². The molecule has 9 heteroatoms. The Balaban J connectivity index is 1.46. The number of ether oxygens (including phenoxy) is 1. The molecular weight excluding hydrogens is 477 g/mol. The summed E-state index contributed by atoms with van der Waals surface area (Å²) in [7, 11) is -2.48. The van der Waals surface area contributed by atoms with Gasteiger partial charge in [-0.3, -0.25) is 4.72 Å². The number of methoxy groups -OCH3 is 1. The highest BCUT2D eigenvalue weighted by Gasteiger charge is 2.38. The number of sulfonamides is 1. The normalized spacial score (nSPS) is 21.1. The molecule has 35 heavy (non-hydrogen) atoms. The van der Waals surface area contributed by atoms with Crippen molar-refractivity contribution in [2.45, 2.75) is 29.5 Å². The molecule has 3 aromatic carbocycles. The Morgan fingerprint density at radius 2 is 1.83 bits per heavy atom. The molecule has 0 radical (unpaired) electrons. The number of fused-ring (bicyclic) bond motifs is 3. The number of allylic oxidation sites excluding steroid dienone is 2. The van der Waals surface area contributed by atoms with Crippen LogP contribution < -0.4 is 14.8 Å². The smallest absolute Gasteiger partial charge is 0.416 e. The van der Waals surface area contributed by atoms with Gasteiger partial charge < -0.3 is 10.1 Å². The van der Waals surface area contributed by atoms with Crippen LogP contribution in [0.25, 0.3) is 0 Å². The maximum atomic E-state index is 13.1. The van der Waals surface area contributed by atoms with E-state index in [0.29, 0.717) is 0 Å². The molecule has 5 rings (SSSR count). The van der Waals surface area contributed by atoms with Gasteiger partial charge in [0.2, 0.25) is 0 Å². The molecule has 3 atom stereocenters. The van der Waals surface area contributed by atoms with Crippen LogP contribution in [0.2, 0.25) is 0 Å².